The number of pyridine rings is 1. The van der Waals surface area contributed by atoms with Gasteiger partial charge in [0.2, 0.25) is 0 Å². The normalized spacial score (nSPS) is 23.5. The van der Waals surface area contributed by atoms with Crippen molar-refractivity contribution in [3.05, 3.63) is 42.1 Å². The molecule has 0 amide bonds. The van der Waals surface area contributed by atoms with Crippen molar-refractivity contribution in [3.63, 3.8) is 0 Å². The van der Waals surface area contributed by atoms with Gasteiger partial charge in [0.1, 0.15) is 0 Å². The summed E-state index contributed by atoms with van der Waals surface area (Å²) in [5, 5.41) is 4.72. The molecule has 0 bridgehead atoms. The second kappa shape index (κ2) is 5.90. The van der Waals surface area contributed by atoms with Crippen molar-refractivity contribution in [3.8, 4) is 0 Å². The van der Waals surface area contributed by atoms with E-state index in [0.717, 1.165) is 25.2 Å². The standard InChI is InChI=1S/C17H23N3/c1-3-18-12-14-10-11-20(2)17(14)16-9-8-13-6-4-5-7-15(13)19-16/h4-9,14,17-18H,3,10-12H2,1-2H3. The predicted molar refractivity (Wildman–Crippen MR) is 83.8 cm³/mol. The Morgan fingerprint density at radius 3 is 2.95 bits per heavy atom. The van der Waals surface area contributed by atoms with Crippen LogP contribution in [0.4, 0.5) is 0 Å². The zero-order valence-corrected chi connectivity index (χ0v) is 12.3. The van der Waals surface area contributed by atoms with Crippen molar-refractivity contribution in [1.29, 1.82) is 0 Å². The van der Waals surface area contributed by atoms with E-state index < -0.39 is 0 Å². The van der Waals surface area contributed by atoms with E-state index in [4.69, 9.17) is 4.98 Å². The van der Waals surface area contributed by atoms with Gasteiger partial charge in [0.25, 0.3) is 0 Å². The molecule has 0 saturated carbocycles. The van der Waals surface area contributed by atoms with Crippen molar-refractivity contribution in [2.45, 2.75) is 19.4 Å². The zero-order valence-electron chi connectivity index (χ0n) is 12.3. The molecule has 0 radical (unpaired) electrons. The highest BCUT2D eigenvalue weighted by atomic mass is 15.2. The number of aromatic nitrogens is 1. The minimum absolute atomic E-state index is 0.443. The number of nitrogens with one attached hydrogen (secondary N) is 1. The summed E-state index contributed by atoms with van der Waals surface area (Å²) in [5.41, 5.74) is 2.32. The molecule has 1 aliphatic heterocycles. The third-order valence-electron chi connectivity index (χ3n) is 4.35. The molecule has 3 rings (SSSR count). The second-order valence-corrected chi connectivity index (χ2v) is 5.71. The fourth-order valence-electron chi connectivity index (χ4n) is 3.28. The highest BCUT2D eigenvalue weighted by Crippen LogP contribution is 2.35. The van der Waals surface area contributed by atoms with Crippen LogP contribution in [-0.2, 0) is 0 Å². The SMILES string of the molecule is CCNCC1CCN(C)C1c1ccc2ccccc2n1. The van der Waals surface area contributed by atoms with Gasteiger partial charge < -0.3 is 5.32 Å². The Labute approximate surface area is 121 Å². The van der Waals surface area contributed by atoms with Crippen molar-refractivity contribution < 1.29 is 0 Å². The minimum atomic E-state index is 0.443. The van der Waals surface area contributed by atoms with E-state index in [1.54, 1.807) is 0 Å². The molecule has 2 aromatic rings. The van der Waals surface area contributed by atoms with Crippen molar-refractivity contribution in [2.24, 2.45) is 5.92 Å². The van der Waals surface area contributed by atoms with E-state index in [1.807, 2.05) is 0 Å². The summed E-state index contributed by atoms with van der Waals surface area (Å²) in [7, 11) is 2.22. The van der Waals surface area contributed by atoms with Crippen LogP contribution in [0.15, 0.2) is 36.4 Å². The average Bonchev–Trinajstić information content (AvgIpc) is 2.85. The lowest BCUT2D eigenvalue weighted by Gasteiger charge is -2.25. The predicted octanol–water partition coefficient (Wildman–Crippen LogP) is 2.84. The topological polar surface area (TPSA) is 28.2 Å². The Balaban J connectivity index is 1.91. The first-order valence-electron chi connectivity index (χ1n) is 7.56. The number of rotatable bonds is 4. The molecule has 1 aliphatic rings. The fraction of sp³-hybridized carbons (Fsp3) is 0.471. The van der Waals surface area contributed by atoms with Gasteiger partial charge in [-0.1, -0.05) is 31.2 Å². The summed E-state index contributed by atoms with van der Waals surface area (Å²) < 4.78 is 0. The number of likely N-dealkylation sites (tertiary alicyclic amines) is 1. The molecule has 0 spiro atoms. The average molecular weight is 269 g/mol. The van der Waals surface area contributed by atoms with Gasteiger partial charge in [0, 0.05) is 5.39 Å². The minimum Gasteiger partial charge on any atom is -0.317 e. The molecular weight excluding hydrogens is 246 g/mol. The number of benzene rings is 1. The number of para-hydroxylation sites is 1. The first-order chi connectivity index (χ1) is 9.79. The smallest absolute Gasteiger partial charge is 0.0706 e. The number of fused-ring (bicyclic) bond motifs is 1. The first kappa shape index (κ1) is 13.5. The fourth-order valence-corrected chi connectivity index (χ4v) is 3.28. The van der Waals surface area contributed by atoms with Gasteiger partial charge in [0.15, 0.2) is 0 Å². The molecule has 2 atom stereocenters. The summed E-state index contributed by atoms with van der Waals surface area (Å²) >= 11 is 0. The maximum Gasteiger partial charge on any atom is 0.0706 e. The van der Waals surface area contributed by atoms with Crippen LogP contribution in [0.1, 0.15) is 25.1 Å². The van der Waals surface area contributed by atoms with Gasteiger partial charge in [0.05, 0.1) is 17.3 Å². The lowest BCUT2D eigenvalue weighted by molar-refractivity contribution is 0.268. The van der Waals surface area contributed by atoms with Crippen molar-refractivity contribution in [1.82, 2.24) is 15.2 Å². The van der Waals surface area contributed by atoms with Gasteiger partial charge in [-0.2, -0.15) is 0 Å². The van der Waals surface area contributed by atoms with E-state index in [2.05, 4.69) is 60.6 Å². The molecule has 1 saturated heterocycles. The third kappa shape index (κ3) is 2.56. The van der Waals surface area contributed by atoms with Gasteiger partial charge in [-0.25, -0.2) is 0 Å². The maximum atomic E-state index is 4.90. The van der Waals surface area contributed by atoms with E-state index in [-0.39, 0.29) is 0 Å². The third-order valence-corrected chi connectivity index (χ3v) is 4.35. The van der Waals surface area contributed by atoms with Gasteiger partial charge >= 0.3 is 0 Å². The van der Waals surface area contributed by atoms with Gasteiger partial charge in [-0.3, -0.25) is 9.88 Å². The molecule has 20 heavy (non-hydrogen) atoms. The molecule has 1 aromatic heterocycles. The Kier molecular flexibility index (Phi) is 3.99. The quantitative estimate of drug-likeness (QED) is 0.925. The van der Waals surface area contributed by atoms with Crippen LogP contribution in [0.5, 0.6) is 0 Å². The van der Waals surface area contributed by atoms with Crippen LogP contribution in [0.25, 0.3) is 10.9 Å². The van der Waals surface area contributed by atoms with Crippen LogP contribution in [-0.4, -0.2) is 36.6 Å². The largest absolute Gasteiger partial charge is 0.317 e. The first-order valence-corrected chi connectivity index (χ1v) is 7.56. The molecular formula is C17H23N3. The van der Waals surface area contributed by atoms with Gasteiger partial charge in [-0.15, -0.1) is 0 Å². The van der Waals surface area contributed by atoms with Crippen LogP contribution in [0.2, 0.25) is 0 Å². The Bertz CT molecular complexity index is 581. The Morgan fingerprint density at radius 2 is 2.10 bits per heavy atom. The van der Waals surface area contributed by atoms with Crippen LogP contribution in [0, 0.1) is 5.92 Å². The number of nitrogens with zero attached hydrogens (tertiary/aromatic N) is 2. The second-order valence-electron chi connectivity index (χ2n) is 5.71. The monoisotopic (exact) mass is 269 g/mol. The van der Waals surface area contributed by atoms with E-state index in [1.165, 1.54) is 17.5 Å². The number of hydrogen-bond acceptors (Lipinski definition) is 3. The summed E-state index contributed by atoms with van der Waals surface area (Å²) in [6, 6.07) is 13.2. The maximum absolute atomic E-state index is 4.90. The van der Waals surface area contributed by atoms with Crippen LogP contribution < -0.4 is 5.32 Å². The highest BCUT2D eigenvalue weighted by Gasteiger charge is 2.33. The zero-order chi connectivity index (χ0) is 13.9. The summed E-state index contributed by atoms with van der Waals surface area (Å²) in [4.78, 5) is 7.34. The molecule has 3 heteroatoms. The van der Waals surface area contributed by atoms with Crippen LogP contribution in [0.3, 0.4) is 0 Å². The summed E-state index contributed by atoms with van der Waals surface area (Å²) in [6.45, 7) is 5.45. The highest BCUT2D eigenvalue weighted by molar-refractivity contribution is 5.78. The van der Waals surface area contributed by atoms with Crippen molar-refractivity contribution in [2.75, 3.05) is 26.7 Å². The Morgan fingerprint density at radius 1 is 1.25 bits per heavy atom. The lowest BCUT2D eigenvalue weighted by Crippen LogP contribution is -2.29. The Hall–Kier alpha value is -1.45. The molecule has 1 fully saturated rings. The summed E-state index contributed by atoms with van der Waals surface area (Å²) in [5.74, 6) is 0.661. The molecule has 1 aromatic carbocycles. The van der Waals surface area contributed by atoms with Crippen molar-refractivity contribution >= 4 is 10.9 Å². The van der Waals surface area contributed by atoms with Gasteiger partial charge in [-0.05, 0) is 51.2 Å². The lowest BCUT2D eigenvalue weighted by atomic mass is 9.96. The molecule has 3 nitrogen and oxygen atoms in total. The van der Waals surface area contributed by atoms with E-state index in [0.29, 0.717) is 12.0 Å². The van der Waals surface area contributed by atoms with Crippen LogP contribution >= 0.6 is 0 Å². The summed E-state index contributed by atoms with van der Waals surface area (Å²) in [6.07, 6.45) is 1.25. The molecule has 2 unspecified atom stereocenters. The number of hydrogen-bond donors (Lipinski definition) is 1. The molecule has 0 aliphatic carbocycles. The van der Waals surface area contributed by atoms with E-state index >= 15 is 0 Å². The molecule has 106 valence electrons. The molecule has 2 heterocycles. The molecule has 1 N–H and O–H groups in total. The van der Waals surface area contributed by atoms with E-state index in [9.17, 15) is 0 Å².